The molecule has 1 aliphatic heterocycles. The summed E-state index contributed by atoms with van der Waals surface area (Å²) < 4.78 is 6.40. The van der Waals surface area contributed by atoms with Crippen LogP contribution >= 0.6 is 11.8 Å². The molecule has 1 nitrogen and oxygen atoms in total. The molecule has 0 saturated carbocycles. The topological polar surface area (TPSA) is 13.1 Å². The molecule has 2 atom stereocenters. The standard InChI is InChI=1S/C30H18OS/c1-2-10-26-20(7-1)23-15-19(12-14-27(23)32-26)18-11-13-25-24(16-18)29-21-8-3-5-17-6-4-9-22(28(17)21)30(29)31-25/h1-16,20,26H. The predicted octanol–water partition coefficient (Wildman–Crippen LogP) is 8.58. The first-order valence-corrected chi connectivity index (χ1v) is 12.0. The number of benzene rings is 4. The zero-order valence-corrected chi connectivity index (χ0v) is 18.0. The average molecular weight is 427 g/mol. The predicted molar refractivity (Wildman–Crippen MR) is 134 cm³/mol. The van der Waals surface area contributed by atoms with Crippen LogP contribution in [0.5, 0.6) is 0 Å². The third-order valence-corrected chi connectivity index (χ3v) is 8.50. The van der Waals surface area contributed by atoms with Crippen LogP contribution in [0.15, 0.2) is 106 Å². The van der Waals surface area contributed by atoms with Crippen molar-refractivity contribution in [1.29, 1.82) is 0 Å². The third kappa shape index (κ3) is 2.15. The zero-order valence-electron chi connectivity index (χ0n) is 17.2. The molecule has 0 spiro atoms. The maximum absolute atomic E-state index is 6.40. The molecule has 32 heavy (non-hydrogen) atoms. The molecule has 1 aromatic heterocycles. The molecule has 0 amide bonds. The molecular formula is C30H18OS. The second-order valence-electron chi connectivity index (χ2n) is 8.86. The van der Waals surface area contributed by atoms with E-state index >= 15 is 0 Å². The lowest BCUT2D eigenvalue weighted by Gasteiger charge is -2.15. The summed E-state index contributed by atoms with van der Waals surface area (Å²) in [4.78, 5) is 1.41. The Morgan fingerprint density at radius 2 is 1.56 bits per heavy atom. The Balaban J connectivity index is 1.32. The van der Waals surface area contributed by atoms with Gasteiger partial charge in [-0.3, -0.25) is 0 Å². The number of hydrogen-bond donors (Lipinski definition) is 0. The Morgan fingerprint density at radius 3 is 2.50 bits per heavy atom. The number of thioether (sulfide) groups is 1. The van der Waals surface area contributed by atoms with Crippen LogP contribution in [0.2, 0.25) is 0 Å². The Bertz CT molecular complexity index is 1660. The van der Waals surface area contributed by atoms with E-state index in [1.165, 1.54) is 54.4 Å². The van der Waals surface area contributed by atoms with Crippen LogP contribution in [0.3, 0.4) is 0 Å². The summed E-state index contributed by atoms with van der Waals surface area (Å²) in [7, 11) is 0. The van der Waals surface area contributed by atoms with Crippen molar-refractivity contribution < 1.29 is 4.42 Å². The van der Waals surface area contributed by atoms with E-state index in [4.69, 9.17) is 4.42 Å². The zero-order chi connectivity index (χ0) is 20.8. The van der Waals surface area contributed by atoms with Gasteiger partial charge in [-0.05, 0) is 51.9 Å². The van der Waals surface area contributed by atoms with E-state index in [0.717, 1.165) is 11.3 Å². The molecular weight excluding hydrogens is 408 g/mol. The lowest BCUT2D eigenvalue weighted by molar-refractivity contribution is 0.634. The van der Waals surface area contributed by atoms with Gasteiger partial charge < -0.3 is 4.42 Å². The smallest absolute Gasteiger partial charge is 0.143 e. The Hall–Kier alpha value is -3.49. The van der Waals surface area contributed by atoms with Crippen molar-refractivity contribution in [3.05, 3.63) is 103 Å². The van der Waals surface area contributed by atoms with Gasteiger partial charge in [0.05, 0.1) is 0 Å². The lowest BCUT2D eigenvalue weighted by atomic mass is 9.90. The van der Waals surface area contributed by atoms with Crippen molar-refractivity contribution in [1.82, 2.24) is 0 Å². The molecule has 3 aliphatic rings. The van der Waals surface area contributed by atoms with Crippen LogP contribution in [0.4, 0.5) is 0 Å². The number of hydrogen-bond acceptors (Lipinski definition) is 2. The van der Waals surface area contributed by atoms with Gasteiger partial charge in [-0.15, -0.1) is 11.8 Å². The van der Waals surface area contributed by atoms with Gasteiger partial charge in [0.1, 0.15) is 11.3 Å². The van der Waals surface area contributed by atoms with E-state index < -0.39 is 0 Å². The highest BCUT2D eigenvalue weighted by molar-refractivity contribution is 8.00. The first-order valence-electron chi connectivity index (χ1n) is 11.1. The second kappa shape index (κ2) is 6.05. The number of fused-ring (bicyclic) bond motifs is 8. The normalized spacial score (nSPS) is 19.5. The summed E-state index contributed by atoms with van der Waals surface area (Å²) in [5.74, 6) is 1.49. The molecule has 150 valence electrons. The van der Waals surface area contributed by atoms with E-state index in [2.05, 4.69) is 97.1 Å². The molecule has 0 fully saturated rings. The van der Waals surface area contributed by atoms with Gasteiger partial charge in [0.2, 0.25) is 0 Å². The van der Waals surface area contributed by atoms with Crippen molar-refractivity contribution in [2.24, 2.45) is 0 Å². The van der Waals surface area contributed by atoms with E-state index in [1.54, 1.807) is 0 Å². The molecule has 2 aliphatic carbocycles. The van der Waals surface area contributed by atoms with E-state index in [9.17, 15) is 0 Å². The molecule has 0 N–H and O–H groups in total. The van der Waals surface area contributed by atoms with E-state index in [1.807, 2.05) is 11.8 Å². The molecule has 0 bridgehead atoms. The maximum atomic E-state index is 6.40. The minimum atomic E-state index is 0.481. The first kappa shape index (κ1) is 17.1. The Labute approximate surface area is 190 Å². The summed E-state index contributed by atoms with van der Waals surface area (Å²) in [6.07, 6.45) is 9.03. The van der Waals surface area contributed by atoms with Gasteiger partial charge in [-0.25, -0.2) is 0 Å². The van der Waals surface area contributed by atoms with Gasteiger partial charge in [-0.1, -0.05) is 72.8 Å². The molecule has 2 unspecified atom stereocenters. The van der Waals surface area contributed by atoms with E-state index in [0.29, 0.717) is 11.2 Å². The molecule has 2 heterocycles. The van der Waals surface area contributed by atoms with Crippen LogP contribution in [0, 0.1) is 0 Å². The lowest BCUT2D eigenvalue weighted by Crippen LogP contribution is -2.06. The number of rotatable bonds is 1. The van der Waals surface area contributed by atoms with Crippen molar-refractivity contribution in [3.8, 4) is 33.6 Å². The Kier molecular flexibility index (Phi) is 3.24. The number of allylic oxidation sites excluding steroid dienone is 3. The first-order chi connectivity index (χ1) is 15.8. The van der Waals surface area contributed by atoms with Gasteiger partial charge >= 0.3 is 0 Å². The summed E-state index contributed by atoms with van der Waals surface area (Å²) in [6.45, 7) is 0. The SMILES string of the molecule is C1=CC2Sc3ccc(-c4ccc5oc6c(c5c4)-c4cccc5cccc-6c45)cc3C2C=C1. The van der Waals surface area contributed by atoms with E-state index in [-0.39, 0.29) is 0 Å². The summed E-state index contributed by atoms with van der Waals surface area (Å²) in [6, 6.07) is 26.7. The molecule has 8 rings (SSSR count). The molecule has 4 aromatic carbocycles. The minimum absolute atomic E-state index is 0.481. The summed E-state index contributed by atoms with van der Waals surface area (Å²) in [5, 5.41) is 4.32. The van der Waals surface area contributed by atoms with Gasteiger partial charge in [0.25, 0.3) is 0 Å². The van der Waals surface area contributed by atoms with Crippen molar-refractivity contribution in [2.45, 2.75) is 16.1 Å². The highest BCUT2D eigenvalue weighted by Crippen LogP contribution is 2.53. The van der Waals surface area contributed by atoms with Crippen LogP contribution in [-0.2, 0) is 0 Å². The van der Waals surface area contributed by atoms with Crippen LogP contribution in [-0.4, -0.2) is 5.25 Å². The highest BCUT2D eigenvalue weighted by atomic mass is 32.2. The second-order valence-corrected chi connectivity index (χ2v) is 10.1. The van der Waals surface area contributed by atoms with Crippen molar-refractivity contribution in [2.75, 3.05) is 0 Å². The monoisotopic (exact) mass is 426 g/mol. The van der Waals surface area contributed by atoms with Crippen molar-refractivity contribution >= 4 is 33.5 Å². The molecule has 0 saturated heterocycles. The average Bonchev–Trinajstić information content (AvgIpc) is 3.49. The fraction of sp³-hybridized carbons (Fsp3) is 0.0667. The van der Waals surface area contributed by atoms with Gasteiger partial charge in [0, 0.05) is 38.0 Å². The van der Waals surface area contributed by atoms with Crippen LogP contribution < -0.4 is 0 Å². The van der Waals surface area contributed by atoms with Crippen molar-refractivity contribution in [3.63, 3.8) is 0 Å². The quantitative estimate of drug-likeness (QED) is 0.261. The van der Waals surface area contributed by atoms with Crippen LogP contribution in [0.25, 0.3) is 55.3 Å². The highest BCUT2D eigenvalue weighted by Gasteiger charge is 2.31. The number of furan rings is 1. The molecule has 5 aromatic rings. The fourth-order valence-corrected chi connectivity index (χ4v) is 7.02. The Morgan fingerprint density at radius 1 is 0.750 bits per heavy atom. The summed E-state index contributed by atoms with van der Waals surface area (Å²) >= 11 is 1.98. The largest absolute Gasteiger partial charge is 0.455 e. The molecule has 0 radical (unpaired) electrons. The minimum Gasteiger partial charge on any atom is -0.455 e. The summed E-state index contributed by atoms with van der Waals surface area (Å²) in [5.41, 5.74) is 8.68. The fourth-order valence-electron chi connectivity index (χ4n) is 5.70. The van der Waals surface area contributed by atoms with Gasteiger partial charge in [-0.2, -0.15) is 0 Å². The molecule has 2 heteroatoms. The van der Waals surface area contributed by atoms with Gasteiger partial charge in [0.15, 0.2) is 0 Å². The maximum Gasteiger partial charge on any atom is 0.143 e. The van der Waals surface area contributed by atoms with Crippen LogP contribution in [0.1, 0.15) is 11.5 Å². The third-order valence-electron chi connectivity index (χ3n) is 7.16.